The standard InChI is InChI=1S/C12H20N4O3/c1-8(17)10(13-4)7-16-6-9(14-15-16)5-12(2,3)11(18)19/h6,10,13H,5,7H2,1-4H3,(H,18,19)/t10-/m0/s1. The van der Waals surface area contributed by atoms with Crippen LogP contribution < -0.4 is 5.32 Å². The van der Waals surface area contributed by atoms with Crippen molar-refractivity contribution in [3.63, 3.8) is 0 Å². The van der Waals surface area contributed by atoms with Gasteiger partial charge in [-0.2, -0.15) is 0 Å². The largest absolute Gasteiger partial charge is 0.481 e. The highest BCUT2D eigenvalue weighted by Gasteiger charge is 2.28. The summed E-state index contributed by atoms with van der Waals surface area (Å²) in [6, 6.07) is -0.318. The summed E-state index contributed by atoms with van der Waals surface area (Å²) in [4.78, 5) is 22.3. The highest BCUT2D eigenvalue weighted by Crippen LogP contribution is 2.20. The van der Waals surface area contributed by atoms with Gasteiger partial charge in [-0.3, -0.25) is 14.3 Å². The molecular weight excluding hydrogens is 248 g/mol. The third-order valence-corrected chi connectivity index (χ3v) is 3.00. The second kappa shape index (κ2) is 5.92. The Balaban J connectivity index is 2.72. The average Bonchev–Trinajstić information content (AvgIpc) is 2.72. The lowest BCUT2D eigenvalue weighted by Gasteiger charge is -2.16. The monoisotopic (exact) mass is 268 g/mol. The zero-order valence-electron chi connectivity index (χ0n) is 11.7. The number of carbonyl (C=O) groups is 2. The second-order valence-corrected chi connectivity index (χ2v) is 5.25. The molecule has 1 heterocycles. The molecule has 1 aromatic heterocycles. The van der Waals surface area contributed by atoms with Gasteiger partial charge < -0.3 is 10.4 Å². The van der Waals surface area contributed by atoms with E-state index >= 15 is 0 Å². The van der Waals surface area contributed by atoms with E-state index in [1.165, 1.54) is 6.92 Å². The summed E-state index contributed by atoms with van der Waals surface area (Å²) in [5.74, 6) is -0.857. The molecule has 0 spiro atoms. The van der Waals surface area contributed by atoms with E-state index < -0.39 is 11.4 Å². The van der Waals surface area contributed by atoms with E-state index in [9.17, 15) is 9.59 Å². The zero-order chi connectivity index (χ0) is 14.6. The second-order valence-electron chi connectivity index (χ2n) is 5.25. The smallest absolute Gasteiger partial charge is 0.309 e. The lowest BCUT2D eigenvalue weighted by molar-refractivity contribution is -0.146. The van der Waals surface area contributed by atoms with Crippen molar-refractivity contribution in [1.82, 2.24) is 20.3 Å². The average molecular weight is 268 g/mol. The molecule has 2 N–H and O–H groups in total. The van der Waals surface area contributed by atoms with Gasteiger partial charge in [0.1, 0.15) is 5.78 Å². The van der Waals surface area contributed by atoms with Gasteiger partial charge in [0.05, 0.1) is 23.7 Å². The Bertz CT molecular complexity index is 467. The van der Waals surface area contributed by atoms with Gasteiger partial charge in [0.15, 0.2) is 0 Å². The fraction of sp³-hybridized carbons (Fsp3) is 0.667. The van der Waals surface area contributed by atoms with Gasteiger partial charge in [-0.1, -0.05) is 5.21 Å². The van der Waals surface area contributed by atoms with Crippen LogP contribution in [0.1, 0.15) is 26.5 Å². The van der Waals surface area contributed by atoms with Crippen molar-refractivity contribution >= 4 is 11.8 Å². The molecule has 1 atom stereocenters. The van der Waals surface area contributed by atoms with Crippen molar-refractivity contribution in [2.24, 2.45) is 5.41 Å². The minimum atomic E-state index is -0.885. The number of nitrogens with one attached hydrogen (secondary N) is 1. The van der Waals surface area contributed by atoms with E-state index in [2.05, 4.69) is 15.6 Å². The Kier molecular flexibility index (Phi) is 4.77. The van der Waals surface area contributed by atoms with Crippen LogP contribution in [0.25, 0.3) is 0 Å². The number of rotatable bonds is 7. The Hall–Kier alpha value is -1.76. The Morgan fingerprint density at radius 2 is 2.16 bits per heavy atom. The molecule has 0 aliphatic heterocycles. The molecule has 0 saturated carbocycles. The Labute approximate surface area is 112 Å². The minimum Gasteiger partial charge on any atom is -0.481 e. The van der Waals surface area contributed by atoms with Crippen LogP contribution in [0.5, 0.6) is 0 Å². The third-order valence-electron chi connectivity index (χ3n) is 3.00. The van der Waals surface area contributed by atoms with Crippen LogP contribution in [-0.2, 0) is 22.6 Å². The van der Waals surface area contributed by atoms with Crippen LogP contribution in [0.15, 0.2) is 6.20 Å². The summed E-state index contributed by atoms with van der Waals surface area (Å²) in [6.07, 6.45) is 1.98. The van der Waals surface area contributed by atoms with E-state index in [4.69, 9.17) is 5.11 Å². The van der Waals surface area contributed by atoms with Crippen LogP contribution in [-0.4, -0.2) is 44.9 Å². The molecule has 0 amide bonds. The number of carbonyl (C=O) groups excluding carboxylic acids is 1. The maximum absolute atomic E-state index is 11.3. The molecule has 106 valence electrons. The molecule has 0 fully saturated rings. The number of carboxylic acid groups (broad SMARTS) is 1. The molecule has 0 aliphatic carbocycles. The summed E-state index contributed by atoms with van der Waals surface area (Å²) >= 11 is 0. The van der Waals surface area contributed by atoms with Gasteiger partial charge in [0, 0.05) is 12.6 Å². The van der Waals surface area contributed by atoms with Crippen molar-refractivity contribution in [3.05, 3.63) is 11.9 Å². The summed E-state index contributed by atoms with van der Waals surface area (Å²) in [5, 5.41) is 19.8. The molecule has 7 nitrogen and oxygen atoms in total. The fourth-order valence-electron chi connectivity index (χ4n) is 1.65. The van der Waals surface area contributed by atoms with Crippen molar-refractivity contribution in [2.75, 3.05) is 7.05 Å². The fourth-order valence-corrected chi connectivity index (χ4v) is 1.65. The first-order valence-electron chi connectivity index (χ1n) is 6.06. The topological polar surface area (TPSA) is 97.1 Å². The summed E-state index contributed by atoms with van der Waals surface area (Å²) < 4.78 is 1.55. The van der Waals surface area contributed by atoms with Gasteiger partial charge >= 0.3 is 5.97 Å². The number of hydrogen-bond acceptors (Lipinski definition) is 5. The van der Waals surface area contributed by atoms with E-state index in [1.807, 2.05) is 0 Å². The number of carboxylic acids is 1. The molecule has 0 radical (unpaired) electrons. The maximum Gasteiger partial charge on any atom is 0.309 e. The van der Waals surface area contributed by atoms with Crippen molar-refractivity contribution in [3.8, 4) is 0 Å². The number of likely N-dealkylation sites (N-methyl/N-ethyl adjacent to an activating group) is 1. The first kappa shape index (κ1) is 15.3. The molecule has 0 bridgehead atoms. The lowest BCUT2D eigenvalue weighted by atomic mass is 9.88. The Morgan fingerprint density at radius 3 is 2.63 bits per heavy atom. The van der Waals surface area contributed by atoms with Crippen LogP contribution in [0.2, 0.25) is 0 Å². The number of aliphatic carboxylic acids is 1. The molecule has 0 aromatic carbocycles. The van der Waals surface area contributed by atoms with Crippen LogP contribution in [0.3, 0.4) is 0 Å². The Morgan fingerprint density at radius 1 is 1.53 bits per heavy atom. The van der Waals surface area contributed by atoms with Gasteiger partial charge in [-0.25, -0.2) is 0 Å². The van der Waals surface area contributed by atoms with Crippen LogP contribution in [0, 0.1) is 5.41 Å². The van der Waals surface area contributed by atoms with Gasteiger partial charge in [0.25, 0.3) is 0 Å². The molecule has 19 heavy (non-hydrogen) atoms. The first-order chi connectivity index (χ1) is 8.76. The summed E-state index contributed by atoms with van der Waals surface area (Å²) in [7, 11) is 1.71. The van der Waals surface area contributed by atoms with E-state index in [1.54, 1.807) is 31.8 Å². The van der Waals surface area contributed by atoms with Crippen LogP contribution in [0.4, 0.5) is 0 Å². The normalized spacial score (nSPS) is 13.3. The van der Waals surface area contributed by atoms with Crippen molar-refractivity contribution in [1.29, 1.82) is 0 Å². The number of hydrogen-bond donors (Lipinski definition) is 2. The van der Waals surface area contributed by atoms with Gasteiger partial charge in [-0.05, 0) is 27.8 Å². The number of Topliss-reactive ketones (excluding diaryl/α,β-unsaturated/α-hetero) is 1. The molecule has 0 aliphatic rings. The van der Waals surface area contributed by atoms with E-state index in [-0.39, 0.29) is 11.8 Å². The first-order valence-corrected chi connectivity index (χ1v) is 6.06. The predicted octanol–water partition coefficient (Wildman–Crippen LogP) is 0.108. The molecule has 0 unspecified atom stereocenters. The maximum atomic E-state index is 11.3. The molecule has 1 aromatic rings. The van der Waals surface area contributed by atoms with E-state index in [0.717, 1.165) is 0 Å². The minimum absolute atomic E-state index is 0.0189. The lowest BCUT2D eigenvalue weighted by Crippen LogP contribution is -2.36. The number of nitrogens with zero attached hydrogens (tertiary/aromatic N) is 3. The molecule has 0 saturated heterocycles. The molecule has 7 heteroatoms. The summed E-state index contributed by atoms with van der Waals surface area (Å²) in [6.45, 7) is 5.17. The predicted molar refractivity (Wildman–Crippen MR) is 68.7 cm³/mol. The summed E-state index contributed by atoms with van der Waals surface area (Å²) in [5.41, 5.74) is -0.282. The quantitative estimate of drug-likeness (QED) is 0.728. The number of ketones is 1. The van der Waals surface area contributed by atoms with Crippen molar-refractivity contribution in [2.45, 2.75) is 39.8 Å². The number of aromatic nitrogens is 3. The zero-order valence-corrected chi connectivity index (χ0v) is 11.7. The molecular formula is C12H20N4O3. The van der Waals surface area contributed by atoms with Gasteiger partial charge in [-0.15, -0.1) is 5.10 Å². The highest BCUT2D eigenvalue weighted by molar-refractivity contribution is 5.81. The third kappa shape index (κ3) is 4.13. The van der Waals surface area contributed by atoms with Gasteiger partial charge in [0.2, 0.25) is 0 Å². The van der Waals surface area contributed by atoms with Crippen molar-refractivity contribution < 1.29 is 14.7 Å². The SMILES string of the molecule is CN[C@@H](Cn1cc(CC(C)(C)C(=O)O)nn1)C(C)=O. The highest BCUT2D eigenvalue weighted by atomic mass is 16.4. The van der Waals surface area contributed by atoms with Crippen LogP contribution >= 0.6 is 0 Å². The van der Waals surface area contributed by atoms with E-state index in [0.29, 0.717) is 18.7 Å². The molecule has 1 rings (SSSR count).